The molecule has 122 valence electrons. The summed E-state index contributed by atoms with van der Waals surface area (Å²) in [6.07, 6.45) is 1.21. The van der Waals surface area contributed by atoms with E-state index in [1.807, 2.05) is 0 Å². The molecule has 0 aliphatic carbocycles. The molecule has 4 aromatic rings. The quantitative estimate of drug-likeness (QED) is 0.426. The topological polar surface area (TPSA) is 121 Å². The summed E-state index contributed by atoms with van der Waals surface area (Å²) in [4.78, 5) is 27.9. The second-order valence-electron chi connectivity index (χ2n) is 5.25. The van der Waals surface area contributed by atoms with Gasteiger partial charge in [-0.15, -0.1) is 5.10 Å². The number of rotatable bonds is 2. The van der Waals surface area contributed by atoms with Crippen LogP contribution in [0.2, 0.25) is 0 Å². The molecule has 0 radical (unpaired) electrons. The summed E-state index contributed by atoms with van der Waals surface area (Å²) in [5, 5.41) is 20.5. The van der Waals surface area contributed by atoms with E-state index in [0.29, 0.717) is 22.0 Å². The van der Waals surface area contributed by atoms with E-state index in [1.54, 1.807) is 36.4 Å². The van der Waals surface area contributed by atoms with E-state index in [0.717, 1.165) is 0 Å². The van der Waals surface area contributed by atoms with Crippen LogP contribution in [-0.2, 0) is 0 Å². The van der Waals surface area contributed by atoms with Gasteiger partial charge in [0, 0.05) is 6.21 Å². The van der Waals surface area contributed by atoms with E-state index in [9.17, 15) is 14.7 Å². The van der Waals surface area contributed by atoms with Crippen LogP contribution in [0.3, 0.4) is 0 Å². The third-order valence-electron chi connectivity index (χ3n) is 3.70. The highest BCUT2D eigenvalue weighted by atomic mass is 16.4. The monoisotopic (exact) mass is 334 g/mol. The van der Waals surface area contributed by atoms with Crippen LogP contribution in [0.4, 0.5) is 5.69 Å². The highest BCUT2D eigenvalue weighted by molar-refractivity contribution is 5.94. The fourth-order valence-corrected chi connectivity index (χ4v) is 2.46. The first-order chi connectivity index (χ1) is 12.1. The smallest absolute Gasteiger partial charge is 0.348 e. The summed E-state index contributed by atoms with van der Waals surface area (Å²) in [7, 11) is 0. The highest BCUT2D eigenvalue weighted by Gasteiger charge is 2.11. The molecule has 0 aliphatic heterocycles. The Morgan fingerprint density at radius 2 is 1.96 bits per heavy atom. The van der Waals surface area contributed by atoms with E-state index in [4.69, 9.17) is 4.42 Å². The number of para-hydroxylation sites is 1. The van der Waals surface area contributed by atoms with Crippen molar-refractivity contribution in [3.05, 3.63) is 68.8 Å². The molecule has 2 aromatic carbocycles. The molecule has 0 bridgehead atoms. The number of hydrogen-bond acceptors (Lipinski definition) is 7. The van der Waals surface area contributed by atoms with Crippen molar-refractivity contribution in [2.45, 2.75) is 0 Å². The maximum absolute atomic E-state index is 12.1. The molecule has 2 N–H and O–H groups in total. The predicted molar refractivity (Wildman–Crippen MR) is 91.6 cm³/mol. The summed E-state index contributed by atoms with van der Waals surface area (Å²) < 4.78 is 5.17. The number of benzene rings is 2. The van der Waals surface area contributed by atoms with Crippen LogP contribution >= 0.6 is 0 Å². The first-order valence-corrected chi connectivity index (χ1v) is 7.27. The third kappa shape index (κ3) is 2.55. The minimum absolute atomic E-state index is 0.0689. The lowest BCUT2D eigenvalue weighted by molar-refractivity contribution is 0.466. The van der Waals surface area contributed by atoms with Gasteiger partial charge in [-0.2, -0.15) is 0 Å². The molecule has 0 saturated heterocycles. The van der Waals surface area contributed by atoms with Crippen LogP contribution in [0, 0.1) is 0 Å². The van der Waals surface area contributed by atoms with Crippen LogP contribution in [0.15, 0.2) is 61.5 Å². The lowest BCUT2D eigenvalue weighted by Gasteiger charge is -2.02. The molecular weight excluding hydrogens is 324 g/mol. The Morgan fingerprint density at radius 3 is 2.84 bits per heavy atom. The largest absolute Gasteiger partial charge is 0.506 e. The minimum Gasteiger partial charge on any atom is -0.506 e. The Morgan fingerprint density at radius 1 is 1.12 bits per heavy atom. The normalized spacial score (nSPS) is 11.5. The molecule has 4 rings (SSSR count). The van der Waals surface area contributed by atoms with Gasteiger partial charge in [-0.25, -0.2) is 9.89 Å². The Balaban J connectivity index is 1.82. The lowest BCUT2D eigenvalue weighted by Crippen LogP contribution is -2.09. The molecule has 0 spiro atoms. The minimum atomic E-state index is -0.704. The van der Waals surface area contributed by atoms with E-state index in [2.05, 4.69) is 20.4 Å². The summed E-state index contributed by atoms with van der Waals surface area (Å²) in [5.41, 5.74) is -0.0354. The van der Waals surface area contributed by atoms with E-state index in [1.165, 1.54) is 12.3 Å². The standard InChI is InChI=1S/C17H10N4O4/c22-15-10-3-1-2-4-14(10)25-17(24)12(15)8-18-9-5-6-13-11(7-9)16(23)20-21-19-13/h1-8,22H,(H,19,20,23). The van der Waals surface area contributed by atoms with E-state index < -0.39 is 11.2 Å². The van der Waals surface area contributed by atoms with Crippen LogP contribution in [0.5, 0.6) is 5.75 Å². The van der Waals surface area contributed by atoms with E-state index in [-0.39, 0.29) is 16.9 Å². The molecule has 0 unspecified atom stereocenters. The first-order valence-electron chi connectivity index (χ1n) is 7.27. The van der Waals surface area contributed by atoms with Crippen LogP contribution < -0.4 is 11.2 Å². The molecule has 0 saturated carbocycles. The van der Waals surface area contributed by atoms with Gasteiger partial charge in [0.15, 0.2) is 0 Å². The number of aromatic nitrogens is 3. The number of hydrogen-bond donors (Lipinski definition) is 2. The Kier molecular flexibility index (Phi) is 3.35. The maximum Gasteiger partial charge on any atom is 0.348 e. The number of nitrogens with zero attached hydrogens (tertiary/aromatic N) is 3. The van der Waals surface area contributed by atoms with Gasteiger partial charge in [0.25, 0.3) is 5.56 Å². The molecule has 0 atom stereocenters. The highest BCUT2D eigenvalue weighted by Crippen LogP contribution is 2.25. The number of aliphatic imine (C=N–C) groups is 1. The molecule has 0 aliphatic rings. The fourth-order valence-electron chi connectivity index (χ4n) is 2.46. The van der Waals surface area contributed by atoms with Crippen LogP contribution in [-0.4, -0.2) is 26.7 Å². The zero-order valence-electron chi connectivity index (χ0n) is 12.6. The Labute approximate surface area is 139 Å². The average molecular weight is 334 g/mol. The lowest BCUT2D eigenvalue weighted by atomic mass is 10.1. The maximum atomic E-state index is 12.1. The van der Waals surface area contributed by atoms with Crippen LogP contribution in [0.1, 0.15) is 5.56 Å². The molecule has 25 heavy (non-hydrogen) atoms. The van der Waals surface area contributed by atoms with Crippen molar-refractivity contribution in [1.29, 1.82) is 0 Å². The van der Waals surface area contributed by atoms with Gasteiger partial charge in [-0.1, -0.05) is 17.3 Å². The number of aromatic hydroxyl groups is 1. The number of H-pyrrole nitrogens is 1. The van der Waals surface area contributed by atoms with Crippen molar-refractivity contribution in [2.75, 3.05) is 0 Å². The summed E-state index contributed by atoms with van der Waals surface area (Å²) in [6.45, 7) is 0. The van der Waals surface area contributed by atoms with Gasteiger partial charge in [0.05, 0.1) is 16.5 Å². The van der Waals surface area contributed by atoms with Gasteiger partial charge in [-0.05, 0) is 30.3 Å². The molecular formula is C17H10N4O4. The third-order valence-corrected chi connectivity index (χ3v) is 3.70. The molecule has 0 fully saturated rings. The molecule has 8 nitrogen and oxygen atoms in total. The second kappa shape index (κ2) is 5.68. The van der Waals surface area contributed by atoms with Crippen LogP contribution in [0.25, 0.3) is 21.9 Å². The zero-order valence-corrected chi connectivity index (χ0v) is 12.6. The van der Waals surface area contributed by atoms with Crippen molar-refractivity contribution in [3.8, 4) is 5.75 Å². The second-order valence-corrected chi connectivity index (χ2v) is 5.25. The van der Waals surface area contributed by atoms with Crippen molar-refractivity contribution in [1.82, 2.24) is 15.4 Å². The van der Waals surface area contributed by atoms with Crippen molar-refractivity contribution >= 4 is 33.8 Å². The Hall–Kier alpha value is -3.81. The molecule has 0 amide bonds. The van der Waals surface area contributed by atoms with Crippen molar-refractivity contribution in [3.63, 3.8) is 0 Å². The summed E-state index contributed by atoms with van der Waals surface area (Å²) in [6, 6.07) is 11.4. The molecule has 2 heterocycles. The van der Waals surface area contributed by atoms with Gasteiger partial charge in [0.1, 0.15) is 22.4 Å². The summed E-state index contributed by atoms with van der Waals surface area (Å²) >= 11 is 0. The molecule has 2 aromatic heterocycles. The molecule has 8 heteroatoms. The van der Waals surface area contributed by atoms with Crippen molar-refractivity contribution < 1.29 is 9.52 Å². The van der Waals surface area contributed by atoms with E-state index >= 15 is 0 Å². The fraction of sp³-hybridized carbons (Fsp3) is 0. The first kappa shape index (κ1) is 14.8. The van der Waals surface area contributed by atoms with Gasteiger partial charge in [-0.3, -0.25) is 9.79 Å². The number of nitrogens with one attached hydrogen (secondary N) is 1. The Bertz CT molecular complexity index is 1260. The van der Waals surface area contributed by atoms with Gasteiger partial charge >= 0.3 is 5.63 Å². The summed E-state index contributed by atoms with van der Waals surface area (Å²) in [5.74, 6) is -0.208. The van der Waals surface area contributed by atoms with Crippen molar-refractivity contribution in [2.24, 2.45) is 4.99 Å². The number of aromatic amines is 1. The van der Waals surface area contributed by atoms with Gasteiger partial charge < -0.3 is 9.52 Å². The zero-order chi connectivity index (χ0) is 17.4. The SMILES string of the molecule is O=c1oc2ccccc2c(O)c1C=Nc1ccc2nn[nH]c(=O)c2c1. The number of fused-ring (bicyclic) bond motifs is 2. The van der Waals surface area contributed by atoms with Gasteiger partial charge in [0.2, 0.25) is 0 Å². The predicted octanol–water partition coefficient (Wildman–Crippen LogP) is 1.88. The average Bonchev–Trinajstić information content (AvgIpc) is 2.62.